The molecule has 2 heterocycles. The van der Waals surface area contributed by atoms with Gasteiger partial charge in [0.2, 0.25) is 23.6 Å². The van der Waals surface area contributed by atoms with Crippen LogP contribution in [0.25, 0.3) is 10.9 Å². The first-order valence-electron chi connectivity index (χ1n) is 17.5. The van der Waals surface area contributed by atoms with Gasteiger partial charge < -0.3 is 37.7 Å². The van der Waals surface area contributed by atoms with E-state index in [9.17, 15) is 24.0 Å². The number of carbonyl (C=O) groups excluding carboxylic acids is 5. The Labute approximate surface area is 302 Å². The zero-order valence-electron chi connectivity index (χ0n) is 29.2. The van der Waals surface area contributed by atoms with Crippen molar-refractivity contribution in [3.63, 3.8) is 0 Å². The van der Waals surface area contributed by atoms with Crippen LogP contribution < -0.4 is 32.7 Å². The van der Waals surface area contributed by atoms with Gasteiger partial charge in [-0.05, 0) is 48.9 Å². The van der Waals surface area contributed by atoms with E-state index >= 15 is 0 Å². The normalized spacial score (nSPS) is 20.5. The summed E-state index contributed by atoms with van der Waals surface area (Å²) in [5, 5.41) is 12.1. The van der Waals surface area contributed by atoms with Gasteiger partial charge in [-0.25, -0.2) is 0 Å². The Kier molecular flexibility index (Phi) is 12.8. The number of rotatable bonds is 10. The second-order valence-electron chi connectivity index (χ2n) is 13.2. The minimum Gasteiger partial charge on any atom is -0.370 e. The van der Waals surface area contributed by atoms with Gasteiger partial charge in [-0.3, -0.25) is 29.0 Å². The van der Waals surface area contributed by atoms with Crippen LogP contribution in [-0.2, 0) is 43.2 Å². The minimum absolute atomic E-state index is 0.0955. The maximum atomic E-state index is 14.1. The van der Waals surface area contributed by atoms with Crippen LogP contribution in [-0.4, -0.2) is 71.6 Å². The van der Waals surface area contributed by atoms with Gasteiger partial charge in [-0.2, -0.15) is 0 Å². The maximum absolute atomic E-state index is 14.1. The molecule has 3 aromatic carbocycles. The number of guanidine groups is 1. The number of aliphatic imine (C=N–C) groups is 1. The fourth-order valence-corrected chi connectivity index (χ4v) is 6.36. The third-order valence-electron chi connectivity index (χ3n) is 9.16. The molecule has 0 unspecified atom stereocenters. The molecule has 9 N–H and O–H groups in total. The summed E-state index contributed by atoms with van der Waals surface area (Å²) in [4.78, 5) is 76.4. The number of amides is 4. The molecule has 1 saturated heterocycles. The number of Topliss-reactive ketones (excluding diaryl/α,β-unsaturated/α-hetero) is 1. The first-order chi connectivity index (χ1) is 25.0. The zero-order valence-corrected chi connectivity index (χ0v) is 29.2. The van der Waals surface area contributed by atoms with Crippen molar-refractivity contribution in [2.75, 3.05) is 13.1 Å². The highest BCUT2D eigenvalue weighted by Gasteiger charge is 2.33. The van der Waals surface area contributed by atoms with E-state index in [0.29, 0.717) is 6.42 Å². The lowest BCUT2D eigenvalue weighted by Crippen LogP contribution is -2.57. The number of ketones is 1. The number of carbonyl (C=O) groups is 5. The van der Waals surface area contributed by atoms with E-state index in [-0.39, 0.29) is 50.4 Å². The van der Waals surface area contributed by atoms with Gasteiger partial charge in [0.05, 0.1) is 12.6 Å². The number of nitrogens with one attached hydrogen (secondary N) is 5. The summed E-state index contributed by atoms with van der Waals surface area (Å²) < 4.78 is 0. The van der Waals surface area contributed by atoms with Gasteiger partial charge in [-0.15, -0.1) is 0 Å². The molecule has 0 bridgehead atoms. The number of aryl methyl sites for hydroxylation is 1. The Hall–Kier alpha value is -5.98. The molecule has 13 nitrogen and oxygen atoms in total. The number of nitrogens with two attached hydrogens (primary N) is 2. The van der Waals surface area contributed by atoms with E-state index in [4.69, 9.17) is 11.5 Å². The van der Waals surface area contributed by atoms with Crippen molar-refractivity contribution in [2.24, 2.45) is 22.4 Å². The number of hydrogen-bond acceptors (Lipinski definition) is 6. The predicted octanol–water partition coefficient (Wildman–Crippen LogP) is 1.72. The highest BCUT2D eigenvalue weighted by molar-refractivity contribution is 5.97. The highest BCUT2D eigenvalue weighted by Crippen LogP contribution is 2.23. The number of benzene rings is 3. The van der Waals surface area contributed by atoms with Crippen LogP contribution in [0.15, 0.2) is 90.1 Å². The molecule has 0 saturated carbocycles. The van der Waals surface area contributed by atoms with E-state index in [1.807, 2.05) is 85.8 Å². The fraction of sp³-hybridized carbons (Fsp3) is 0.333. The van der Waals surface area contributed by atoms with E-state index in [1.54, 1.807) is 6.20 Å². The van der Waals surface area contributed by atoms with Gasteiger partial charge in [0.15, 0.2) is 11.7 Å². The van der Waals surface area contributed by atoms with Gasteiger partial charge in [0, 0.05) is 48.8 Å². The number of hydrogen-bond donors (Lipinski definition) is 7. The SMILES string of the molecule is Cc1ccc(C[C@H]2NC(=O)CNC(=O)[C@@H](Cc3c[nH]c4ccccc34)CC(=O)[C@H](CCCN=C(N)N)NC(=O)[C@H](Cc3ccccc3)NC2=O)cc1. The maximum Gasteiger partial charge on any atom is 0.243 e. The van der Waals surface area contributed by atoms with Gasteiger partial charge in [-0.1, -0.05) is 78.4 Å². The molecule has 0 radical (unpaired) electrons. The quantitative estimate of drug-likeness (QED) is 0.0736. The summed E-state index contributed by atoms with van der Waals surface area (Å²) in [7, 11) is 0. The van der Waals surface area contributed by atoms with Crippen LogP contribution in [0.2, 0.25) is 0 Å². The first-order valence-corrected chi connectivity index (χ1v) is 17.5. The van der Waals surface area contributed by atoms with Crippen LogP contribution in [0.5, 0.6) is 0 Å². The predicted molar refractivity (Wildman–Crippen MR) is 199 cm³/mol. The second-order valence-corrected chi connectivity index (χ2v) is 13.2. The molecule has 52 heavy (non-hydrogen) atoms. The van der Waals surface area contributed by atoms with Crippen molar-refractivity contribution in [2.45, 2.75) is 63.6 Å². The summed E-state index contributed by atoms with van der Waals surface area (Å²) in [5.74, 6) is -3.60. The lowest BCUT2D eigenvalue weighted by molar-refractivity contribution is -0.133. The molecular formula is C39H46N8O5. The second kappa shape index (κ2) is 17.8. The highest BCUT2D eigenvalue weighted by atomic mass is 16.2. The summed E-state index contributed by atoms with van der Waals surface area (Å²) in [6.07, 6.45) is 2.60. The number of nitrogens with zero attached hydrogens (tertiary/aromatic N) is 1. The third-order valence-corrected chi connectivity index (χ3v) is 9.16. The smallest absolute Gasteiger partial charge is 0.243 e. The largest absolute Gasteiger partial charge is 0.370 e. The average Bonchev–Trinajstić information content (AvgIpc) is 3.54. The van der Waals surface area contributed by atoms with Crippen LogP contribution in [0.4, 0.5) is 0 Å². The van der Waals surface area contributed by atoms with Crippen LogP contribution in [0.1, 0.15) is 41.5 Å². The lowest BCUT2D eigenvalue weighted by atomic mass is 9.90. The van der Waals surface area contributed by atoms with Crippen molar-refractivity contribution in [3.8, 4) is 0 Å². The molecule has 0 aliphatic carbocycles. The molecule has 4 atom stereocenters. The summed E-state index contributed by atoms with van der Waals surface area (Å²) >= 11 is 0. The molecule has 1 aliphatic rings. The van der Waals surface area contributed by atoms with E-state index in [1.165, 1.54) is 0 Å². The van der Waals surface area contributed by atoms with E-state index < -0.39 is 54.2 Å². The van der Waals surface area contributed by atoms with Crippen LogP contribution in [0.3, 0.4) is 0 Å². The Balaban J connectivity index is 1.48. The molecule has 0 spiro atoms. The molecule has 1 aromatic heterocycles. The average molecular weight is 707 g/mol. The van der Waals surface area contributed by atoms with Crippen molar-refractivity contribution < 1.29 is 24.0 Å². The molecule has 4 aromatic rings. The number of aromatic nitrogens is 1. The number of para-hydroxylation sites is 1. The molecule has 1 aliphatic heterocycles. The van der Waals surface area contributed by atoms with E-state index in [2.05, 4.69) is 31.2 Å². The van der Waals surface area contributed by atoms with Crippen molar-refractivity contribution in [1.82, 2.24) is 26.3 Å². The summed E-state index contributed by atoms with van der Waals surface area (Å²) in [5.41, 5.74) is 15.3. The lowest BCUT2D eigenvalue weighted by Gasteiger charge is -2.26. The molecule has 4 amide bonds. The van der Waals surface area contributed by atoms with Gasteiger partial charge >= 0.3 is 0 Å². The molecular weight excluding hydrogens is 660 g/mol. The van der Waals surface area contributed by atoms with Gasteiger partial charge in [0.25, 0.3) is 0 Å². The molecule has 272 valence electrons. The van der Waals surface area contributed by atoms with Crippen molar-refractivity contribution >= 4 is 46.3 Å². The van der Waals surface area contributed by atoms with Gasteiger partial charge in [0.1, 0.15) is 12.1 Å². The number of H-pyrrole nitrogens is 1. The third kappa shape index (κ3) is 10.5. The Morgan fingerprint density at radius 3 is 2.08 bits per heavy atom. The van der Waals surface area contributed by atoms with E-state index in [0.717, 1.165) is 33.2 Å². The number of aromatic amines is 1. The molecule has 5 rings (SSSR count). The molecule has 13 heteroatoms. The summed E-state index contributed by atoms with van der Waals surface area (Å²) in [6.45, 7) is 1.75. The topological polar surface area (TPSA) is 214 Å². The van der Waals surface area contributed by atoms with Crippen molar-refractivity contribution in [1.29, 1.82) is 0 Å². The monoisotopic (exact) mass is 706 g/mol. The Morgan fingerprint density at radius 1 is 0.731 bits per heavy atom. The summed E-state index contributed by atoms with van der Waals surface area (Å²) in [6, 6.07) is 21.2. The van der Waals surface area contributed by atoms with Crippen LogP contribution >= 0.6 is 0 Å². The fourth-order valence-electron chi connectivity index (χ4n) is 6.36. The zero-order chi connectivity index (χ0) is 37.0. The Bertz CT molecular complexity index is 1900. The Morgan fingerprint density at radius 2 is 1.37 bits per heavy atom. The standard InChI is InChI=1S/C39H46N8O5/c1-24-13-15-26(16-14-24)19-32-37(51)47-33(18-25-8-3-2-4-9-25)38(52)46-31(12-7-17-42-39(40)41)34(48)21-27(36(50)44-23-35(49)45-32)20-28-22-43-30-11-6-5-10-29(28)30/h2-6,8-11,13-16,22,27,31-33,43H,7,12,17-21,23H2,1H3,(H,44,50)(H,45,49)(H,46,52)(H,47,51)(H4,40,41,42)/t27-,31-,32+,33-/m0/s1. The molecule has 1 fully saturated rings. The van der Waals surface area contributed by atoms with Crippen molar-refractivity contribution in [3.05, 3.63) is 107 Å². The number of fused-ring (bicyclic) bond motifs is 1. The van der Waals surface area contributed by atoms with Crippen LogP contribution in [0, 0.1) is 12.8 Å². The first kappa shape index (κ1) is 37.3. The minimum atomic E-state index is -1.09.